The van der Waals surface area contributed by atoms with E-state index in [0.717, 1.165) is 29.2 Å². The maximum absolute atomic E-state index is 12.1. The second kappa shape index (κ2) is 6.87. The molecule has 0 atom stereocenters. The van der Waals surface area contributed by atoms with Crippen LogP contribution in [0, 0.1) is 0 Å². The number of hydrogen-bond donors (Lipinski definition) is 1. The van der Waals surface area contributed by atoms with Gasteiger partial charge in [0, 0.05) is 29.3 Å². The third kappa shape index (κ3) is 3.62. The van der Waals surface area contributed by atoms with Gasteiger partial charge in [0.25, 0.3) is 5.91 Å². The third-order valence-electron chi connectivity index (χ3n) is 3.61. The molecule has 2 heterocycles. The summed E-state index contributed by atoms with van der Waals surface area (Å²) >= 11 is 3.37. The van der Waals surface area contributed by atoms with Gasteiger partial charge in [-0.3, -0.25) is 4.79 Å². The largest absolute Gasteiger partial charge is 0.346 e. The molecule has 1 fully saturated rings. The van der Waals surface area contributed by atoms with Crippen molar-refractivity contribution in [1.82, 2.24) is 15.3 Å². The van der Waals surface area contributed by atoms with Crippen LogP contribution in [0.5, 0.6) is 0 Å². The molecule has 1 N–H and O–H groups in total. The van der Waals surface area contributed by atoms with Crippen LogP contribution >= 0.6 is 15.9 Å². The minimum Gasteiger partial charge on any atom is -0.346 e. The zero-order valence-corrected chi connectivity index (χ0v) is 13.7. The number of benzene rings is 1. The fourth-order valence-corrected chi connectivity index (χ4v) is 2.85. The molecule has 0 saturated carbocycles. The Morgan fingerprint density at radius 1 is 1.27 bits per heavy atom. The van der Waals surface area contributed by atoms with Gasteiger partial charge in [-0.05, 0) is 37.1 Å². The first-order valence-electron chi connectivity index (χ1n) is 7.33. The van der Waals surface area contributed by atoms with Crippen LogP contribution in [0.15, 0.2) is 41.0 Å². The topological polar surface area (TPSA) is 58.1 Å². The molecule has 114 valence electrons. The summed E-state index contributed by atoms with van der Waals surface area (Å²) in [5.41, 5.74) is 1.45. The van der Waals surface area contributed by atoms with Crippen LogP contribution in [-0.4, -0.2) is 29.0 Å². The van der Waals surface area contributed by atoms with Crippen molar-refractivity contribution in [3.8, 4) is 0 Å². The van der Waals surface area contributed by atoms with Crippen molar-refractivity contribution >= 4 is 27.8 Å². The van der Waals surface area contributed by atoms with Crippen molar-refractivity contribution in [1.29, 1.82) is 0 Å². The minimum absolute atomic E-state index is 0.109. The highest BCUT2D eigenvalue weighted by molar-refractivity contribution is 9.10. The number of nitrogens with one attached hydrogen (secondary N) is 1. The Balaban J connectivity index is 1.63. The lowest BCUT2D eigenvalue weighted by molar-refractivity contribution is 0.0950. The van der Waals surface area contributed by atoms with Crippen molar-refractivity contribution in [3.63, 3.8) is 0 Å². The fourth-order valence-electron chi connectivity index (χ4n) is 2.46. The molecule has 0 aliphatic carbocycles. The van der Waals surface area contributed by atoms with Gasteiger partial charge in [0.1, 0.15) is 0 Å². The first kappa shape index (κ1) is 15.0. The summed E-state index contributed by atoms with van der Waals surface area (Å²) in [6, 6.07) is 9.15. The van der Waals surface area contributed by atoms with Crippen LogP contribution in [-0.2, 0) is 6.54 Å². The lowest BCUT2D eigenvalue weighted by atomic mass is 10.2. The molecule has 0 bridgehead atoms. The molecule has 2 aromatic rings. The van der Waals surface area contributed by atoms with Gasteiger partial charge in [0.15, 0.2) is 0 Å². The maximum atomic E-state index is 12.1. The molecule has 5 nitrogen and oxygen atoms in total. The van der Waals surface area contributed by atoms with Crippen LogP contribution in [0.25, 0.3) is 0 Å². The molecule has 0 unspecified atom stereocenters. The van der Waals surface area contributed by atoms with Gasteiger partial charge < -0.3 is 10.2 Å². The Morgan fingerprint density at radius 2 is 2.09 bits per heavy atom. The first-order chi connectivity index (χ1) is 10.7. The van der Waals surface area contributed by atoms with E-state index in [2.05, 4.69) is 36.1 Å². The van der Waals surface area contributed by atoms with E-state index in [4.69, 9.17) is 0 Å². The third-order valence-corrected chi connectivity index (χ3v) is 4.10. The molecule has 22 heavy (non-hydrogen) atoms. The normalized spacial score (nSPS) is 14.1. The Bertz CT molecular complexity index is 671. The van der Waals surface area contributed by atoms with E-state index in [1.807, 2.05) is 18.2 Å². The van der Waals surface area contributed by atoms with Crippen LogP contribution in [0.2, 0.25) is 0 Å². The molecule has 1 aromatic carbocycles. The van der Waals surface area contributed by atoms with Gasteiger partial charge in [0.05, 0.1) is 12.2 Å². The number of carbonyl (C=O) groups is 1. The summed E-state index contributed by atoms with van der Waals surface area (Å²) in [6.07, 6.45) is 4.13. The molecule has 1 aliphatic heterocycles. The predicted octanol–water partition coefficient (Wildman–Crippen LogP) is 2.77. The van der Waals surface area contributed by atoms with Gasteiger partial charge in [-0.15, -0.1) is 0 Å². The van der Waals surface area contributed by atoms with E-state index in [-0.39, 0.29) is 5.91 Å². The molecule has 1 saturated heterocycles. The molecule has 1 aromatic heterocycles. The predicted molar refractivity (Wildman–Crippen MR) is 88.8 cm³/mol. The zero-order chi connectivity index (χ0) is 15.4. The standard InChI is InChI=1S/C16H17BrN4O/c17-13-5-3-4-12(10-13)15(22)19-11-14-6-7-18-16(20-14)21-8-1-2-9-21/h3-7,10H,1-2,8-9,11H2,(H,19,22). The van der Waals surface area contributed by atoms with E-state index in [0.29, 0.717) is 12.1 Å². The summed E-state index contributed by atoms with van der Waals surface area (Å²) in [5, 5.41) is 2.89. The highest BCUT2D eigenvalue weighted by Gasteiger charge is 2.15. The first-order valence-corrected chi connectivity index (χ1v) is 8.12. The molecule has 1 amide bonds. The maximum Gasteiger partial charge on any atom is 0.251 e. The van der Waals surface area contributed by atoms with Gasteiger partial charge in [0.2, 0.25) is 5.95 Å². The number of amides is 1. The molecule has 1 aliphatic rings. The van der Waals surface area contributed by atoms with E-state index >= 15 is 0 Å². The molecule has 3 rings (SSSR count). The Kier molecular flexibility index (Phi) is 4.68. The number of aromatic nitrogens is 2. The van der Waals surface area contributed by atoms with E-state index in [1.54, 1.807) is 18.3 Å². The monoisotopic (exact) mass is 360 g/mol. The van der Waals surface area contributed by atoms with Gasteiger partial charge in [-0.2, -0.15) is 0 Å². The number of anilines is 1. The van der Waals surface area contributed by atoms with Gasteiger partial charge in [-0.1, -0.05) is 22.0 Å². The Labute approximate surface area is 137 Å². The highest BCUT2D eigenvalue weighted by atomic mass is 79.9. The summed E-state index contributed by atoms with van der Waals surface area (Å²) in [5.74, 6) is 0.648. The van der Waals surface area contributed by atoms with Crippen molar-refractivity contribution in [2.45, 2.75) is 19.4 Å². The summed E-state index contributed by atoms with van der Waals surface area (Å²) < 4.78 is 0.888. The van der Waals surface area contributed by atoms with Crippen LogP contribution < -0.4 is 10.2 Å². The van der Waals surface area contributed by atoms with Crippen molar-refractivity contribution in [2.75, 3.05) is 18.0 Å². The van der Waals surface area contributed by atoms with Crippen LogP contribution in [0.3, 0.4) is 0 Å². The summed E-state index contributed by atoms with van der Waals surface area (Å²) in [6.45, 7) is 2.41. The number of halogens is 1. The lowest BCUT2D eigenvalue weighted by Crippen LogP contribution is -2.25. The molecule has 0 spiro atoms. The second-order valence-corrected chi connectivity index (χ2v) is 6.15. The van der Waals surface area contributed by atoms with E-state index in [1.165, 1.54) is 12.8 Å². The fraction of sp³-hybridized carbons (Fsp3) is 0.312. The molecular weight excluding hydrogens is 344 g/mol. The lowest BCUT2D eigenvalue weighted by Gasteiger charge is -2.15. The zero-order valence-electron chi connectivity index (χ0n) is 12.1. The SMILES string of the molecule is O=C(NCc1ccnc(N2CCCC2)n1)c1cccc(Br)c1. The summed E-state index contributed by atoms with van der Waals surface area (Å²) in [4.78, 5) is 23.1. The van der Waals surface area contributed by atoms with Crippen LogP contribution in [0.1, 0.15) is 28.9 Å². The quantitative estimate of drug-likeness (QED) is 0.910. The van der Waals surface area contributed by atoms with Crippen LogP contribution in [0.4, 0.5) is 5.95 Å². The average molecular weight is 361 g/mol. The number of nitrogens with zero attached hydrogens (tertiary/aromatic N) is 3. The Morgan fingerprint density at radius 3 is 2.86 bits per heavy atom. The number of carbonyl (C=O) groups excluding carboxylic acids is 1. The summed E-state index contributed by atoms with van der Waals surface area (Å²) in [7, 11) is 0. The van der Waals surface area contributed by atoms with Crippen molar-refractivity contribution in [3.05, 3.63) is 52.3 Å². The Hall–Kier alpha value is -1.95. The molecular formula is C16H17BrN4O. The number of rotatable bonds is 4. The van der Waals surface area contributed by atoms with Gasteiger partial charge in [-0.25, -0.2) is 9.97 Å². The molecule has 6 heteroatoms. The van der Waals surface area contributed by atoms with E-state index in [9.17, 15) is 4.79 Å². The average Bonchev–Trinajstić information content (AvgIpc) is 3.07. The van der Waals surface area contributed by atoms with E-state index < -0.39 is 0 Å². The smallest absolute Gasteiger partial charge is 0.251 e. The van der Waals surface area contributed by atoms with Crippen molar-refractivity contribution < 1.29 is 4.79 Å². The highest BCUT2D eigenvalue weighted by Crippen LogP contribution is 2.15. The number of hydrogen-bond acceptors (Lipinski definition) is 4. The molecule has 0 radical (unpaired) electrons. The van der Waals surface area contributed by atoms with Gasteiger partial charge >= 0.3 is 0 Å². The minimum atomic E-state index is -0.109. The second-order valence-electron chi connectivity index (χ2n) is 5.24. The van der Waals surface area contributed by atoms with Crippen molar-refractivity contribution in [2.24, 2.45) is 0 Å².